The van der Waals surface area contributed by atoms with Gasteiger partial charge < -0.3 is 11.1 Å². The van der Waals surface area contributed by atoms with Crippen molar-refractivity contribution in [1.82, 2.24) is 10.3 Å². The van der Waals surface area contributed by atoms with Crippen LogP contribution in [0.15, 0.2) is 0 Å². The van der Waals surface area contributed by atoms with E-state index in [9.17, 15) is 4.79 Å². The van der Waals surface area contributed by atoms with Crippen molar-refractivity contribution in [2.45, 2.75) is 51.5 Å². The molecule has 1 spiro atoms. The molecule has 0 aliphatic heterocycles. The fraction of sp³-hybridized carbons (Fsp3) is 0.692. The first-order valence-corrected chi connectivity index (χ1v) is 7.46. The zero-order valence-corrected chi connectivity index (χ0v) is 11.5. The number of anilines is 1. The van der Waals surface area contributed by atoms with E-state index >= 15 is 0 Å². The van der Waals surface area contributed by atoms with Gasteiger partial charge in [-0.3, -0.25) is 4.79 Å². The van der Waals surface area contributed by atoms with E-state index < -0.39 is 0 Å². The van der Waals surface area contributed by atoms with Crippen molar-refractivity contribution in [3.8, 4) is 0 Å². The highest BCUT2D eigenvalue weighted by Crippen LogP contribution is 2.53. The van der Waals surface area contributed by atoms with Gasteiger partial charge in [0.05, 0.1) is 0 Å². The smallest absolute Gasteiger partial charge is 0.271 e. The summed E-state index contributed by atoms with van der Waals surface area (Å²) in [6, 6.07) is 0.356. The van der Waals surface area contributed by atoms with E-state index in [1.54, 1.807) is 0 Å². The number of aromatic nitrogens is 1. The van der Waals surface area contributed by atoms with Crippen molar-refractivity contribution >= 4 is 22.4 Å². The van der Waals surface area contributed by atoms with Gasteiger partial charge in [-0.25, -0.2) is 4.98 Å². The predicted molar refractivity (Wildman–Crippen MR) is 72.7 cm³/mol. The van der Waals surface area contributed by atoms with E-state index in [-0.39, 0.29) is 5.91 Å². The molecule has 1 atom stereocenters. The van der Waals surface area contributed by atoms with Crippen molar-refractivity contribution < 1.29 is 4.79 Å². The van der Waals surface area contributed by atoms with Crippen molar-refractivity contribution in [2.24, 2.45) is 5.41 Å². The lowest BCUT2D eigenvalue weighted by molar-refractivity contribution is 0.0579. The van der Waals surface area contributed by atoms with Crippen LogP contribution in [0.2, 0.25) is 0 Å². The number of carbonyl (C=O) groups excluding carboxylic acids is 1. The molecule has 2 aliphatic carbocycles. The first-order valence-electron chi connectivity index (χ1n) is 6.64. The summed E-state index contributed by atoms with van der Waals surface area (Å²) < 4.78 is 0. The maximum absolute atomic E-state index is 12.2. The lowest BCUT2D eigenvalue weighted by Crippen LogP contribution is -2.54. The zero-order valence-electron chi connectivity index (χ0n) is 10.7. The molecule has 0 radical (unpaired) electrons. The average Bonchev–Trinajstić information content (AvgIpc) is 2.92. The van der Waals surface area contributed by atoms with Crippen LogP contribution in [0.3, 0.4) is 0 Å². The van der Waals surface area contributed by atoms with Gasteiger partial charge in [0.15, 0.2) is 5.13 Å². The van der Waals surface area contributed by atoms with Gasteiger partial charge in [0.2, 0.25) is 0 Å². The molecule has 3 rings (SSSR count). The molecule has 98 valence electrons. The second kappa shape index (κ2) is 4.23. The molecular weight excluding hydrogens is 246 g/mol. The highest BCUT2D eigenvalue weighted by atomic mass is 32.1. The van der Waals surface area contributed by atoms with E-state index in [0.29, 0.717) is 22.3 Å². The maximum Gasteiger partial charge on any atom is 0.271 e. The largest absolute Gasteiger partial charge is 0.375 e. The summed E-state index contributed by atoms with van der Waals surface area (Å²) in [6.45, 7) is 1.90. The SMILES string of the molecule is Cc1sc(N)nc1C(=O)NC1CCC12CCCC2. The van der Waals surface area contributed by atoms with Crippen LogP contribution in [-0.4, -0.2) is 16.9 Å². The van der Waals surface area contributed by atoms with Gasteiger partial charge in [-0.15, -0.1) is 11.3 Å². The number of nitrogens with one attached hydrogen (secondary N) is 1. The van der Waals surface area contributed by atoms with E-state index in [0.717, 1.165) is 11.3 Å². The molecule has 3 N–H and O–H groups in total. The van der Waals surface area contributed by atoms with Gasteiger partial charge in [-0.1, -0.05) is 12.8 Å². The number of hydrogen-bond donors (Lipinski definition) is 2. The van der Waals surface area contributed by atoms with E-state index in [2.05, 4.69) is 10.3 Å². The molecule has 2 fully saturated rings. The standard InChI is InChI=1S/C13H19N3OS/c1-8-10(16-12(14)18-8)11(17)15-9-4-7-13(9)5-2-3-6-13/h9H,2-7H2,1H3,(H2,14,16)(H,15,17). The Labute approximate surface area is 111 Å². The number of aryl methyl sites for hydroxylation is 1. The topological polar surface area (TPSA) is 68.0 Å². The van der Waals surface area contributed by atoms with Crippen LogP contribution in [0.25, 0.3) is 0 Å². The zero-order chi connectivity index (χ0) is 12.8. The lowest BCUT2D eigenvalue weighted by Gasteiger charge is -2.47. The Kier molecular flexibility index (Phi) is 2.81. The molecule has 2 saturated carbocycles. The Morgan fingerprint density at radius 1 is 1.44 bits per heavy atom. The Hall–Kier alpha value is -1.10. The number of rotatable bonds is 2. The second-order valence-corrected chi connectivity index (χ2v) is 6.83. The van der Waals surface area contributed by atoms with Crippen molar-refractivity contribution in [1.29, 1.82) is 0 Å². The number of thiazole rings is 1. The van der Waals surface area contributed by atoms with Crippen LogP contribution >= 0.6 is 11.3 Å². The first-order chi connectivity index (χ1) is 8.61. The molecule has 5 heteroatoms. The van der Waals surface area contributed by atoms with Gasteiger partial charge >= 0.3 is 0 Å². The van der Waals surface area contributed by atoms with Crippen molar-refractivity contribution in [3.05, 3.63) is 10.6 Å². The number of nitrogens with zero attached hydrogens (tertiary/aromatic N) is 1. The van der Waals surface area contributed by atoms with Crippen LogP contribution in [0, 0.1) is 12.3 Å². The molecule has 0 saturated heterocycles. The monoisotopic (exact) mass is 265 g/mol. The average molecular weight is 265 g/mol. The molecule has 18 heavy (non-hydrogen) atoms. The highest BCUT2D eigenvalue weighted by molar-refractivity contribution is 7.15. The van der Waals surface area contributed by atoms with Gasteiger partial charge in [0.1, 0.15) is 5.69 Å². The molecule has 1 aromatic heterocycles. The van der Waals surface area contributed by atoms with Crippen LogP contribution in [0.4, 0.5) is 5.13 Å². The fourth-order valence-electron chi connectivity index (χ4n) is 3.45. The van der Waals surface area contributed by atoms with Crippen molar-refractivity contribution in [3.63, 3.8) is 0 Å². The summed E-state index contributed by atoms with van der Waals surface area (Å²) in [5.74, 6) is -0.0450. The quantitative estimate of drug-likeness (QED) is 0.863. The number of nitrogens with two attached hydrogens (primary N) is 1. The molecular formula is C13H19N3OS. The summed E-state index contributed by atoms with van der Waals surface area (Å²) >= 11 is 1.38. The summed E-state index contributed by atoms with van der Waals surface area (Å²) in [5, 5.41) is 3.64. The number of carbonyl (C=O) groups is 1. The fourth-order valence-corrected chi connectivity index (χ4v) is 4.14. The van der Waals surface area contributed by atoms with Crippen LogP contribution < -0.4 is 11.1 Å². The van der Waals surface area contributed by atoms with Crippen molar-refractivity contribution in [2.75, 3.05) is 5.73 Å². The molecule has 2 aliphatic rings. The summed E-state index contributed by atoms with van der Waals surface area (Å²) in [5.41, 5.74) is 6.56. The second-order valence-electron chi connectivity index (χ2n) is 5.59. The number of hydrogen-bond acceptors (Lipinski definition) is 4. The lowest BCUT2D eigenvalue weighted by atomic mass is 9.63. The maximum atomic E-state index is 12.2. The normalized spacial score (nSPS) is 25.1. The predicted octanol–water partition coefficient (Wildman–Crippen LogP) is 2.49. The Morgan fingerprint density at radius 2 is 2.17 bits per heavy atom. The molecule has 1 unspecified atom stereocenters. The molecule has 1 amide bonds. The Morgan fingerprint density at radius 3 is 2.67 bits per heavy atom. The highest BCUT2D eigenvalue weighted by Gasteiger charge is 2.48. The van der Waals surface area contributed by atoms with Gasteiger partial charge in [-0.05, 0) is 38.0 Å². The minimum Gasteiger partial charge on any atom is -0.375 e. The van der Waals surface area contributed by atoms with Gasteiger partial charge in [-0.2, -0.15) is 0 Å². The molecule has 1 aromatic rings. The van der Waals surface area contributed by atoms with Gasteiger partial charge in [0, 0.05) is 10.9 Å². The number of nitrogen functional groups attached to an aromatic ring is 1. The van der Waals surface area contributed by atoms with E-state index in [1.807, 2.05) is 6.92 Å². The van der Waals surface area contributed by atoms with Crippen LogP contribution in [0.1, 0.15) is 53.9 Å². The third kappa shape index (κ3) is 1.81. The number of amides is 1. The molecule has 0 aromatic carbocycles. The van der Waals surface area contributed by atoms with Crippen LogP contribution in [-0.2, 0) is 0 Å². The molecule has 4 nitrogen and oxygen atoms in total. The molecule has 1 heterocycles. The molecule has 0 bridgehead atoms. The summed E-state index contributed by atoms with van der Waals surface area (Å²) in [4.78, 5) is 17.2. The minimum absolute atomic E-state index is 0.0450. The van der Waals surface area contributed by atoms with E-state index in [1.165, 1.54) is 43.4 Å². The first kappa shape index (κ1) is 12.0. The third-order valence-corrected chi connectivity index (χ3v) is 5.40. The van der Waals surface area contributed by atoms with Gasteiger partial charge in [0.25, 0.3) is 5.91 Å². The van der Waals surface area contributed by atoms with E-state index in [4.69, 9.17) is 5.73 Å². The summed E-state index contributed by atoms with van der Waals surface area (Å²) in [6.07, 6.45) is 7.57. The Bertz CT molecular complexity index is 477. The third-order valence-electron chi connectivity index (χ3n) is 4.60. The summed E-state index contributed by atoms with van der Waals surface area (Å²) in [7, 11) is 0. The van der Waals surface area contributed by atoms with Crippen LogP contribution in [0.5, 0.6) is 0 Å². The Balaban J connectivity index is 1.70. The minimum atomic E-state index is -0.0450.